The van der Waals surface area contributed by atoms with Gasteiger partial charge in [-0.25, -0.2) is 4.98 Å². The topological polar surface area (TPSA) is 46.5 Å². The molecule has 0 spiro atoms. The first-order valence-electron chi connectivity index (χ1n) is 7.32. The normalized spacial score (nSPS) is 11.3. The number of para-hydroxylation sites is 1. The summed E-state index contributed by atoms with van der Waals surface area (Å²) in [6.45, 7) is -0.811. The molecule has 1 N–H and O–H groups in total. The van der Waals surface area contributed by atoms with Crippen LogP contribution in [0, 0.1) is 6.92 Å². The maximum atomic E-state index is 12.1. The summed E-state index contributed by atoms with van der Waals surface area (Å²) in [5, 5.41) is 5.22. The lowest BCUT2D eigenvalue weighted by Gasteiger charge is -2.05. The molecule has 0 unspecified atom stereocenters. The molecule has 3 rings (SSSR count). The van der Waals surface area contributed by atoms with E-state index in [9.17, 15) is 8.78 Å². The van der Waals surface area contributed by atoms with Crippen molar-refractivity contribution in [2.24, 2.45) is 5.10 Å². The van der Waals surface area contributed by atoms with Crippen LogP contribution in [0.2, 0.25) is 0 Å². The number of pyridine rings is 1. The Bertz CT molecular complexity index is 864. The van der Waals surface area contributed by atoms with E-state index in [1.165, 1.54) is 12.1 Å². The molecule has 122 valence electrons. The fourth-order valence-electron chi connectivity index (χ4n) is 2.32. The van der Waals surface area contributed by atoms with Crippen LogP contribution in [0.25, 0.3) is 10.9 Å². The molecule has 1 aromatic heterocycles. The molecule has 0 aliphatic rings. The summed E-state index contributed by atoms with van der Waals surface area (Å²) < 4.78 is 28.5. The van der Waals surface area contributed by atoms with Crippen LogP contribution >= 0.6 is 0 Å². The number of fused-ring (bicyclic) bond motifs is 1. The lowest BCUT2D eigenvalue weighted by Crippen LogP contribution is -2.01. The van der Waals surface area contributed by atoms with Crippen LogP contribution in [0.4, 0.5) is 14.6 Å². The third-order valence-electron chi connectivity index (χ3n) is 3.42. The van der Waals surface area contributed by atoms with Crippen LogP contribution in [0.5, 0.6) is 5.75 Å². The number of alkyl halides is 2. The summed E-state index contributed by atoms with van der Waals surface area (Å²) in [5.74, 6) is 0.752. The first kappa shape index (κ1) is 15.9. The quantitative estimate of drug-likeness (QED) is 0.551. The van der Waals surface area contributed by atoms with Gasteiger partial charge in [0.2, 0.25) is 0 Å². The Morgan fingerprint density at radius 1 is 1.12 bits per heavy atom. The number of hydrogen-bond acceptors (Lipinski definition) is 4. The molecule has 0 amide bonds. The van der Waals surface area contributed by atoms with Crippen LogP contribution < -0.4 is 10.2 Å². The summed E-state index contributed by atoms with van der Waals surface area (Å²) in [6.07, 6.45) is 1.58. The van der Waals surface area contributed by atoms with Crippen LogP contribution in [0.3, 0.4) is 0 Å². The van der Waals surface area contributed by atoms with Crippen LogP contribution in [0.15, 0.2) is 59.7 Å². The van der Waals surface area contributed by atoms with E-state index in [0.29, 0.717) is 5.82 Å². The monoisotopic (exact) mass is 327 g/mol. The highest BCUT2D eigenvalue weighted by molar-refractivity contribution is 5.84. The van der Waals surface area contributed by atoms with Gasteiger partial charge in [-0.15, -0.1) is 0 Å². The Morgan fingerprint density at radius 2 is 1.88 bits per heavy atom. The Morgan fingerprint density at radius 3 is 2.62 bits per heavy atom. The number of hydrogen-bond donors (Lipinski definition) is 1. The van der Waals surface area contributed by atoms with Gasteiger partial charge < -0.3 is 4.74 Å². The van der Waals surface area contributed by atoms with Crippen LogP contribution in [-0.2, 0) is 0 Å². The zero-order valence-electron chi connectivity index (χ0n) is 12.9. The minimum Gasteiger partial charge on any atom is -0.435 e. The molecule has 0 fully saturated rings. The summed E-state index contributed by atoms with van der Waals surface area (Å²) in [6, 6.07) is 16.0. The standard InChI is InChI=1S/C18H15F2N3O/c1-12-10-17(22-16-5-3-2-4-15(12)16)23-21-11-13-6-8-14(9-7-13)24-18(19)20/h2-11,18H,1H3,(H,22,23). The van der Waals surface area contributed by atoms with Crippen molar-refractivity contribution in [2.45, 2.75) is 13.5 Å². The molecule has 2 aromatic carbocycles. The fourth-order valence-corrected chi connectivity index (χ4v) is 2.32. The molecule has 4 nitrogen and oxygen atoms in total. The molecular weight excluding hydrogens is 312 g/mol. The van der Waals surface area contributed by atoms with E-state index in [0.717, 1.165) is 22.0 Å². The van der Waals surface area contributed by atoms with E-state index >= 15 is 0 Å². The largest absolute Gasteiger partial charge is 0.435 e. The van der Waals surface area contributed by atoms with Crippen molar-refractivity contribution in [3.8, 4) is 5.75 Å². The average molecular weight is 327 g/mol. The van der Waals surface area contributed by atoms with Crippen molar-refractivity contribution in [3.63, 3.8) is 0 Å². The molecule has 0 bridgehead atoms. The number of benzene rings is 2. The number of hydrazone groups is 1. The number of halogens is 2. The number of aromatic nitrogens is 1. The van der Waals surface area contributed by atoms with E-state index in [1.807, 2.05) is 37.3 Å². The summed E-state index contributed by atoms with van der Waals surface area (Å²) >= 11 is 0. The van der Waals surface area contributed by atoms with Gasteiger partial charge >= 0.3 is 6.61 Å². The van der Waals surface area contributed by atoms with Crippen molar-refractivity contribution in [1.29, 1.82) is 0 Å². The number of aryl methyl sites for hydroxylation is 1. The molecule has 0 radical (unpaired) electrons. The van der Waals surface area contributed by atoms with Gasteiger partial charge in [0.25, 0.3) is 0 Å². The van der Waals surface area contributed by atoms with Gasteiger partial charge in [0.1, 0.15) is 11.6 Å². The minimum atomic E-state index is -2.83. The van der Waals surface area contributed by atoms with E-state index in [2.05, 4.69) is 20.2 Å². The lowest BCUT2D eigenvalue weighted by molar-refractivity contribution is -0.0498. The number of ether oxygens (including phenoxy) is 1. The SMILES string of the molecule is Cc1cc(NN=Cc2ccc(OC(F)F)cc2)nc2ccccc12. The predicted octanol–water partition coefficient (Wildman–Crippen LogP) is 4.59. The first-order valence-corrected chi connectivity index (χ1v) is 7.32. The van der Waals surface area contributed by atoms with E-state index < -0.39 is 6.61 Å². The third-order valence-corrected chi connectivity index (χ3v) is 3.42. The van der Waals surface area contributed by atoms with Crippen molar-refractivity contribution in [2.75, 3.05) is 5.43 Å². The molecule has 24 heavy (non-hydrogen) atoms. The molecule has 6 heteroatoms. The third kappa shape index (κ3) is 3.84. The second-order valence-electron chi connectivity index (χ2n) is 5.16. The lowest BCUT2D eigenvalue weighted by atomic mass is 10.1. The maximum Gasteiger partial charge on any atom is 0.387 e. The molecular formula is C18H15F2N3O. The highest BCUT2D eigenvalue weighted by Crippen LogP contribution is 2.19. The molecule has 3 aromatic rings. The van der Waals surface area contributed by atoms with Gasteiger partial charge in [-0.2, -0.15) is 13.9 Å². The number of rotatable bonds is 5. The molecule has 0 saturated heterocycles. The summed E-state index contributed by atoms with van der Waals surface area (Å²) in [7, 11) is 0. The summed E-state index contributed by atoms with van der Waals surface area (Å²) in [4.78, 5) is 4.49. The summed E-state index contributed by atoms with van der Waals surface area (Å²) in [5.41, 5.74) is 5.63. The Hall–Kier alpha value is -3.02. The van der Waals surface area contributed by atoms with Crippen LogP contribution in [-0.4, -0.2) is 17.8 Å². The number of nitrogens with zero attached hydrogens (tertiary/aromatic N) is 2. The zero-order valence-corrected chi connectivity index (χ0v) is 12.9. The second-order valence-corrected chi connectivity index (χ2v) is 5.16. The molecule has 0 atom stereocenters. The first-order chi connectivity index (χ1) is 11.6. The number of nitrogens with one attached hydrogen (secondary N) is 1. The smallest absolute Gasteiger partial charge is 0.387 e. The van der Waals surface area contributed by atoms with E-state index in [1.54, 1.807) is 18.3 Å². The van der Waals surface area contributed by atoms with E-state index in [-0.39, 0.29) is 5.75 Å². The Labute approximate surface area is 137 Å². The molecule has 0 saturated carbocycles. The van der Waals surface area contributed by atoms with Gasteiger partial charge in [-0.05, 0) is 54.4 Å². The maximum absolute atomic E-state index is 12.1. The van der Waals surface area contributed by atoms with Crippen LogP contribution in [0.1, 0.15) is 11.1 Å². The molecule has 1 heterocycles. The predicted molar refractivity (Wildman–Crippen MR) is 90.8 cm³/mol. The Balaban J connectivity index is 1.70. The van der Waals surface area contributed by atoms with Gasteiger partial charge in [0, 0.05) is 5.39 Å². The van der Waals surface area contributed by atoms with Gasteiger partial charge in [-0.1, -0.05) is 18.2 Å². The van der Waals surface area contributed by atoms with Crippen molar-refractivity contribution in [1.82, 2.24) is 4.98 Å². The zero-order chi connectivity index (χ0) is 16.9. The number of anilines is 1. The van der Waals surface area contributed by atoms with Gasteiger partial charge in [0.05, 0.1) is 11.7 Å². The van der Waals surface area contributed by atoms with Gasteiger partial charge in [0.15, 0.2) is 0 Å². The molecule has 0 aliphatic carbocycles. The van der Waals surface area contributed by atoms with Gasteiger partial charge in [-0.3, -0.25) is 5.43 Å². The van der Waals surface area contributed by atoms with Crippen molar-refractivity contribution >= 4 is 22.9 Å². The van der Waals surface area contributed by atoms with Crippen molar-refractivity contribution in [3.05, 3.63) is 65.7 Å². The second kappa shape index (κ2) is 7.04. The Kier molecular flexibility index (Phi) is 4.65. The van der Waals surface area contributed by atoms with E-state index in [4.69, 9.17) is 0 Å². The highest BCUT2D eigenvalue weighted by atomic mass is 19.3. The minimum absolute atomic E-state index is 0.113. The van der Waals surface area contributed by atoms with Crippen molar-refractivity contribution < 1.29 is 13.5 Å². The molecule has 0 aliphatic heterocycles. The average Bonchev–Trinajstić information content (AvgIpc) is 2.56. The highest BCUT2D eigenvalue weighted by Gasteiger charge is 2.03. The fraction of sp³-hybridized carbons (Fsp3) is 0.111.